The monoisotopic (exact) mass is 455 g/mol. The molecule has 3 aliphatic heterocycles. The Hall–Kier alpha value is -2.98. The molecule has 3 aliphatic rings. The predicted octanol–water partition coefficient (Wildman–Crippen LogP) is 7.14. The van der Waals surface area contributed by atoms with Gasteiger partial charge in [0.05, 0.1) is 5.92 Å². The summed E-state index contributed by atoms with van der Waals surface area (Å²) < 4.78 is 6.24. The van der Waals surface area contributed by atoms with Crippen LogP contribution in [0.25, 0.3) is 10.9 Å². The minimum absolute atomic E-state index is 0.140. The molecule has 0 amide bonds. The Labute approximate surface area is 205 Å². The first kappa shape index (κ1) is 24.2. The lowest BCUT2D eigenvalue weighted by molar-refractivity contribution is 0.214. The van der Waals surface area contributed by atoms with Gasteiger partial charge in [0.2, 0.25) is 0 Å². The zero-order valence-electron chi connectivity index (χ0n) is 21.7. The molecule has 1 aromatic carbocycles. The van der Waals surface area contributed by atoms with Crippen molar-refractivity contribution in [1.82, 2.24) is 0 Å². The fourth-order valence-electron chi connectivity index (χ4n) is 5.22. The van der Waals surface area contributed by atoms with E-state index in [2.05, 4.69) is 82.5 Å². The first-order valence-corrected chi connectivity index (χ1v) is 12.4. The van der Waals surface area contributed by atoms with E-state index < -0.39 is 6.04 Å². The fourth-order valence-corrected chi connectivity index (χ4v) is 5.22. The van der Waals surface area contributed by atoms with Crippen LogP contribution in [0.15, 0.2) is 41.9 Å². The number of hydrogen-bond donors (Lipinski definition) is 0. The predicted molar refractivity (Wildman–Crippen MR) is 139 cm³/mol. The molecule has 178 valence electrons. The minimum atomic E-state index is -0.745. The van der Waals surface area contributed by atoms with Gasteiger partial charge < -0.3 is 9.64 Å². The van der Waals surface area contributed by atoms with Crippen molar-refractivity contribution in [1.29, 1.82) is 5.26 Å². The summed E-state index contributed by atoms with van der Waals surface area (Å²) in [6.07, 6.45) is 10.3. The van der Waals surface area contributed by atoms with E-state index in [0.29, 0.717) is 5.76 Å². The number of allylic oxidation sites excluding steroid dienone is 2. The van der Waals surface area contributed by atoms with Gasteiger partial charge in [-0.2, -0.15) is 5.26 Å². The molecule has 0 radical (unpaired) electrons. The van der Waals surface area contributed by atoms with Gasteiger partial charge in [0.1, 0.15) is 11.5 Å². The summed E-state index contributed by atoms with van der Waals surface area (Å²) in [4.78, 5) is 6.11. The normalized spacial score (nSPS) is 23.7. The van der Waals surface area contributed by atoms with E-state index in [1.807, 2.05) is 18.2 Å². The summed E-state index contributed by atoms with van der Waals surface area (Å²) in [5.74, 6) is 1.23. The van der Waals surface area contributed by atoms with Crippen molar-refractivity contribution in [2.24, 2.45) is 11.3 Å². The Morgan fingerprint density at radius 1 is 1.09 bits per heavy atom. The first-order valence-electron chi connectivity index (χ1n) is 12.4. The fraction of sp³-hybridized carbons (Fsp3) is 0.533. The van der Waals surface area contributed by atoms with Gasteiger partial charge in [-0.1, -0.05) is 54.5 Å². The molecule has 2 unspecified atom stereocenters. The lowest BCUT2D eigenvalue weighted by atomic mass is 9.69. The molecule has 0 saturated carbocycles. The maximum Gasteiger partial charge on any atom is 0.316 e. The highest BCUT2D eigenvalue weighted by atomic mass is 16.5. The summed E-state index contributed by atoms with van der Waals surface area (Å²) in [6, 6.07) is 6.09. The first-order chi connectivity index (χ1) is 15.9. The van der Waals surface area contributed by atoms with Crippen molar-refractivity contribution >= 4 is 11.8 Å². The van der Waals surface area contributed by atoms with E-state index in [1.54, 1.807) is 0 Å². The Balaban J connectivity index is 1.74. The summed E-state index contributed by atoms with van der Waals surface area (Å²) >= 11 is 0. The molecule has 0 bridgehead atoms. The summed E-state index contributed by atoms with van der Waals surface area (Å²) in [6.45, 7) is 25.4. The molecule has 0 aliphatic carbocycles. The second kappa shape index (κ2) is 8.35. The molecule has 4 rings (SSSR count). The van der Waals surface area contributed by atoms with Crippen molar-refractivity contribution < 1.29 is 4.74 Å². The standard InChI is InChI=1S/C30H37N3O/c1-28(2,3)26-18-21(25(19-31)32-8)17-22(34-26)10-9-20-15-23-27-24(16-20)30(6,7)12-14-33(27)13-11-29(23,4)5/h9-10,15-18,21,25H,11-14H2,1-7H3. The Morgan fingerprint density at radius 2 is 1.68 bits per heavy atom. The van der Waals surface area contributed by atoms with Crippen LogP contribution in [0, 0.1) is 29.2 Å². The molecule has 34 heavy (non-hydrogen) atoms. The lowest BCUT2D eigenvalue weighted by Gasteiger charge is -2.48. The second-order valence-electron chi connectivity index (χ2n) is 12.3. The largest absolute Gasteiger partial charge is 0.462 e. The second-order valence-corrected chi connectivity index (χ2v) is 12.3. The third-order valence-electron chi connectivity index (χ3n) is 7.66. The topological polar surface area (TPSA) is 40.6 Å². The van der Waals surface area contributed by atoms with Gasteiger partial charge in [0.25, 0.3) is 0 Å². The Kier molecular flexibility index (Phi) is 5.93. The van der Waals surface area contributed by atoms with Crippen molar-refractivity contribution in [3.05, 3.63) is 70.0 Å². The molecule has 0 spiro atoms. The molecule has 1 aromatic rings. The van der Waals surface area contributed by atoms with E-state index in [-0.39, 0.29) is 22.2 Å². The number of nitriles is 1. The van der Waals surface area contributed by atoms with Crippen LogP contribution in [0.2, 0.25) is 0 Å². The van der Waals surface area contributed by atoms with E-state index in [4.69, 9.17) is 11.3 Å². The van der Waals surface area contributed by atoms with Crippen molar-refractivity contribution in [2.45, 2.75) is 78.2 Å². The number of nitrogens with zero attached hydrogens (tertiary/aromatic N) is 3. The van der Waals surface area contributed by atoms with Gasteiger partial charge in [-0.15, -0.1) is 0 Å². The summed E-state index contributed by atoms with van der Waals surface area (Å²) in [7, 11) is 0. The highest BCUT2D eigenvalue weighted by Gasteiger charge is 2.40. The number of benzene rings is 1. The van der Waals surface area contributed by atoms with Crippen LogP contribution in [0.3, 0.4) is 0 Å². The Bertz CT molecular complexity index is 1110. The Morgan fingerprint density at radius 3 is 2.18 bits per heavy atom. The van der Waals surface area contributed by atoms with Gasteiger partial charge in [0.15, 0.2) is 6.07 Å². The van der Waals surface area contributed by atoms with Crippen molar-refractivity contribution in [3.63, 3.8) is 0 Å². The number of ether oxygens (including phenoxy) is 1. The maximum absolute atomic E-state index is 9.47. The van der Waals surface area contributed by atoms with Crippen molar-refractivity contribution in [3.8, 4) is 6.07 Å². The van der Waals surface area contributed by atoms with Crippen LogP contribution in [-0.4, -0.2) is 19.1 Å². The van der Waals surface area contributed by atoms with Crippen LogP contribution in [0.5, 0.6) is 0 Å². The van der Waals surface area contributed by atoms with Gasteiger partial charge >= 0.3 is 6.04 Å². The smallest absolute Gasteiger partial charge is 0.316 e. The van der Waals surface area contributed by atoms with Crippen LogP contribution in [0.1, 0.15) is 78.0 Å². The number of rotatable bonds is 3. The van der Waals surface area contributed by atoms with E-state index >= 15 is 0 Å². The van der Waals surface area contributed by atoms with E-state index in [9.17, 15) is 5.26 Å². The molecule has 0 saturated heterocycles. The van der Waals surface area contributed by atoms with Crippen molar-refractivity contribution in [2.75, 3.05) is 18.0 Å². The molecule has 3 heterocycles. The molecular weight excluding hydrogens is 418 g/mol. The molecule has 0 N–H and O–H groups in total. The third-order valence-corrected chi connectivity index (χ3v) is 7.66. The third kappa shape index (κ3) is 4.39. The molecule has 4 heteroatoms. The van der Waals surface area contributed by atoms with Gasteiger partial charge in [-0.05, 0) is 70.7 Å². The van der Waals surface area contributed by atoms with Gasteiger partial charge in [-0.25, -0.2) is 6.57 Å². The van der Waals surface area contributed by atoms with Crippen LogP contribution < -0.4 is 4.90 Å². The SMILES string of the molecule is [C-]#[N+]C(C#N)C1C=C(C=Cc2cc3c4c(c2)C(C)(C)CCN4CCC3(C)C)OC(C(C)(C)C)=C1. The van der Waals surface area contributed by atoms with Crippen LogP contribution in [-0.2, 0) is 15.6 Å². The van der Waals surface area contributed by atoms with Crippen LogP contribution in [0.4, 0.5) is 5.69 Å². The molecule has 0 fully saturated rings. The van der Waals surface area contributed by atoms with Crippen LogP contribution >= 0.6 is 0 Å². The van der Waals surface area contributed by atoms with E-state index in [1.165, 1.54) is 22.4 Å². The quantitative estimate of drug-likeness (QED) is 0.455. The summed E-state index contributed by atoms with van der Waals surface area (Å²) in [5, 5.41) is 9.47. The average molecular weight is 456 g/mol. The minimum Gasteiger partial charge on any atom is -0.462 e. The molecule has 4 nitrogen and oxygen atoms in total. The highest BCUT2D eigenvalue weighted by molar-refractivity contribution is 5.72. The van der Waals surface area contributed by atoms with E-state index in [0.717, 1.165) is 31.7 Å². The molecule has 2 atom stereocenters. The number of anilines is 1. The summed E-state index contributed by atoms with van der Waals surface area (Å²) in [5.41, 5.74) is 5.57. The van der Waals surface area contributed by atoms with Gasteiger partial charge in [-0.3, -0.25) is 4.85 Å². The molecule has 0 aromatic heterocycles. The average Bonchev–Trinajstić information content (AvgIpc) is 2.76. The number of hydrogen-bond acceptors (Lipinski definition) is 3. The zero-order valence-corrected chi connectivity index (χ0v) is 21.7. The zero-order chi connectivity index (χ0) is 24.9. The van der Waals surface area contributed by atoms with Gasteiger partial charge in [0, 0.05) is 24.2 Å². The molecular formula is C30H37N3O. The highest BCUT2D eigenvalue weighted by Crippen LogP contribution is 2.49. The maximum atomic E-state index is 9.47. The lowest BCUT2D eigenvalue weighted by Crippen LogP contribution is -2.44.